The maximum Gasteiger partial charge on any atom is 1.00 e. The van der Waals surface area contributed by atoms with Gasteiger partial charge in [-0.2, -0.15) is 8.42 Å². The second-order valence-electron chi connectivity index (χ2n) is 4.12. The van der Waals surface area contributed by atoms with Crippen molar-refractivity contribution >= 4 is 15.8 Å². The third-order valence-corrected chi connectivity index (χ3v) is 3.44. The Labute approximate surface area is 143 Å². The van der Waals surface area contributed by atoms with Crippen LogP contribution in [0.5, 0.6) is 5.75 Å². The Morgan fingerprint density at radius 2 is 2.10 bits per heavy atom. The minimum atomic E-state index is -4.17. The van der Waals surface area contributed by atoms with Crippen molar-refractivity contribution in [2.45, 2.75) is 19.4 Å². The second kappa shape index (κ2) is 8.86. The minimum Gasteiger partial charge on any atom is -1.00 e. The molecule has 20 heavy (non-hydrogen) atoms. The third-order valence-electron chi connectivity index (χ3n) is 2.64. The molecule has 0 aliphatic rings. The van der Waals surface area contributed by atoms with E-state index in [1.54, 1.807) is 13.2 Å². The van der Waals surface area contributed by atoms with Gasteiger partial charge in [0.2, 0.25) is 0 Å². The van der Waals surface area contributed by atoms with E-state index in [4.69, 9.17) is 9.29 Å². The van der Waals surface area contributed by atoms with Crippen LogP contribution in [0.4, 0.5) is 5.69 Å². The van der Waals surface area contributed by atoms with E-state index in [0.29, 0.717) is 0 Å². The van der Waals surface area contributed by atoms with Crippen LogP contribution in [0.15, 0.2) is 18.2 Å². The molecule has 1 aromatic rings. The molecule has 0 bridgehead atoms. The molecule has 6 nitrogen and oxygen atoms in total. The number of rotatable bonds is 7. The van der Waals surface area contributed by atoms with Crippen LogP contribution >= 0.6 is 0 Å². The standard InChI is InChI=1S/C12H19NO5S.Na.H/c1-3-10-11(5-4-6-12(10)18-2)13-7-9(14)8-19(15,16)17;;/h4-6,9,13-14H,3,7-8H2,1-2H3,(H,15,16,17);;/q;+1;-1. The van der Waals surface area contributed by atoms with Crippen molar-refractivity contribution in [3.8, 4) is 5.75 Å². The SMILES string of the molecule is CCc1c(NCC(O)CS(=O)(=O)O)cccc1OC.[H-].[Na+]. The normalized spacial score (nSPS) is 12.4. The maximum atomic E-state index is 10.6. The Morgan fingerprint density at radius 1 is 1.45 bits per heavy atom. The van der Waals surface area contributed by atoms with Gasteiger partial charge < -0.3 is 16.6 Å². The van der Waals surface area contributed by atoms with Gasteiger partial charge in [-0.1, -0.05) is 13.0 Å². The topological polar surface area (TPSA) is 95.9 Å². The van der Waals surface area contributed by atoms with E-state index in [1.807, 2.05) is 19.1 Å². The molecule has 0 heterocycles. The molecular formula is C12H20NNaO5S. The summed E-state index contributed by atoms with van der Waals surface area (Å²) in [5.41, 5.74) is 1.72. The van der Waals surface area contributed by atoms with Gasteiger partial charge in [-0.15, -0.1) is 0 Å². The fraction of sp³-hybridized carbons (Fsp3) is 0.500. The van der Waals surface area contributed by atoms with Gasteiger partial charge in [0.25, 0.3) is 10.1 Å². The van der Waals surface area contributed by atoms with E-state index in [-0.39, 0.29) is 37.5 Å². The van der Waals surface area contributed by atoms with E-state index in [0.717, 1.165) is 23.4 Å². The Hall–Kier alpha value is -0.310. The van der Waals surface area contributed by atoms with E-state index in [9.17, 15) is 13.5 Å². The molecule has 1 unspecified atom stereocenters. The van der Waals surface area contributed by atoms with E-state index >= 15 is 0 Å². The smallest absolute Gasteiger partial charge is 1.00 e. The zero-order chi connectivity index (χ0) is 14.5. The van der Waals surface area contributed by atoms with Gasteiger partial charge in [-0.05, 0) is 18.6 Å². The summed E-state index contributed by atoms with van der Waals surface area (Å²) in [6.45, 7) is 2.00. The number of aliphatic hydroxyl groups excluding tert-OH is 1. The van der Waals surface area contributed by atoms with E-state index in [2.05, 4.69) is 5.32 Å². The first-order valence-electron chi connectivity index (χ1n) is 5.90. The van der Waals surface area contributed by atoms with Crippen LogP contribution in [-0.4, -0.2) is 43.6 Å². The van der Waals surface area contributed by atoms with Crippen LogP contribution in [0.2, 0.25) is 0 Å². The molecule has 0 saturated carbocycles. The van der Waals surface area contributed by atoms with E-state index in [1.165, 1.54) is 0 Å². The summed E-state index contributed by atoms with van der Waals surface area (Å²) in [7, 11) is -2.60. The predicted molar refractivity (Wildman–Crippen MR) is 74.4 cm³/mol. The van der Waals surface area contributed by atoms with Gasteiger partial charge in [0.05, 0.1) is 13.2 Å². The molecule has 0 radical (unpaired) electrons. The molecule has 0 saturated heterocycles. The molecule has 1 rings (SSSR count). The molecule has 110 valence electrons. The van der Waals surface area contributed by atoms with Gasteiger partial charge >= 0.3 is 29.6 Å². The predicted octanol–water partition coefficient (Wildman–Crippen LogP) is -1.97. The Bertz CT molecular complexity index is 526. The van der Waals surface area contributed by atoms with Crippen molar-refractivity contribution in [2.24, 2.45) is 0 Å². The van der Waals surface area contributed by atoms with Crippen LogP contribution in [0.3, 0.4) is 0 Å². The van der Waals surface area contributed by atoms with Crippen molar-refractivity contribution in [1.82, 2.24) is 0 Å². The third kappa shape index (κ3) is 6.43. The van der Waals surface area contributed by atoms with Gasteiger partial charge in [-0.3, -0.25) is 4.55 Å². The fourth-order valence-corrected chi connectivity index (χ4v) is 2.42. The first-order valence-corrected chi connectivity index (χ1v) is 7.51. The zero-order valence-electron chi connectivity index (χ0n) is 13.0. The summed E-state index contributed by atoms with van der Waals surface area (Å²) in [6, 6.07) is 5.45. The van der Waals surface area contributed by atoms with Crippen molar-refractivity contribution in [2.75, 3.05) is 24.7 Å². The molecule has 0 aromatic heterocycles. The second-order valence-corrected chi connectivity index (χ2v) is 5.62. The summed E-state index contributed by atoms with van der Waals surface area (Å²) < 4.78 is 35.1. The minimum absolute atomic E-state index is 0. The number of aliphatic hydroxyl groups is 1. The largest absolute Gasteiger partial charge is 1.00 e. The zero-order valence-corrected chi connectivity index (χ0v) is 14.8. The summed E-state index contributed by atoms with van der Waals surface area (Å²) in [4.78, 5) is 0. The molecule has 0 aliphatic carbocycles. The molecule has 1 aromatic carbocycles. The molecule has 0 aliphatic heterocycles. The monoisotopic (exact) mass is 313 g/mol. The summed E-state index contributed by atoms with van der Waals surface area (Å²) in [5.74, 6) is 0.0441. The molecular weight excluding hydrogens is 293 g/mol. The van der Waals surface area contributed by atoms with Gasteiger partial charge in [0.1, 0.15) is 11.5 Å². The molecule has 0 fully saturated rings. The molecule has 1 atom stereocenters. The van der Waals surface area contributed by atoms with Crippen LogP contribution in [0.1, 0.15) is 13.9 Å². The summed E-state index contributed by atoms with van der Waals surface area (Å²) >= 11 is 0. The number of ether oxygens (including phenoxy) is 1. The molecule has 0 spiro atoms. The number of hydrogen-bond donors (Lipinski definition) is 3. The first-order chi connectivity index (χ1) is 8.87. The quantitative estimate of drug-likeness (QED) is 0.399. The average Bonchev–Trinajstić information content (AvgIpc) is 2.33. The van der Waals surface area contributed by atoms with Gasteiger partial charge in [-0.25, -0.2) is 0 Å². The van der Waals surface area contributed by atoms with Crippen molar-refractivity contribution in [3.05, 3.63) is 23.8 Å². The Morgan fingerprint density at radius 3 is 2.60 bits per heavy atom. The fourth-order valence-electron chi connectivity index (χ4n) is 1.82. The van der Waals surface area contributed by atoms with Crippen LogP contribution in [0.25, 0.3) is 0 Å². The van der Waals surface area contributed by atoms with Gasteiger partial charge in [0, 0.05) is 17.8 Å². The number of methoxy groups -OCH3 is 1. The van der Waals surface area contributed by atoms with Gasteiger partial charge in [0.15, 0.2) is 0 Å². The van der Waals surface area contributed by atoms with Crippen LogP contribution in [0, 0.1) is 0 Å². The van der Waals surface area contributed by atoms with E-state index < -0.39 is 22.0 Å². The first kappa shape index (κ1) is 19.7. The number of nitrogens with one attached hydrogen (secondary N) is 1. The summed E-state index contributed by atoms with van der Waals surface area (Å²) in [6.07, 6.45) is -0.438. The number of hydrogen-bond acceptors (Lipinski definition) is 5. The Kier molecular flexibility index (Phi) is 8.72. The maximum absolute atomic E-state index is 10.6. The van der Waals surface area contributed by atoms with Crippen LogP contribution < -0.4 is 39.6 Å². The number of benzene rings is 1. The van der Waals surface area contributed by atoms with Crippen LogP contribution in [-0.2, 0) is 16.5 Å². The molecule has 8 heteroatoms. The Balaban J connectivity index is 0. The van der Waals surface area contributed by atoms with Crippen molar-refractivity contribution < 1.29 is 53.8 Å². The van der Waals surface area contributed by atoms with Crippen molar-refractivity contribution in [3.63, 3.8) is 0 Å². The average molecular weight is 313 g/mol. The molecule has 3 N–H and O–H groups in total. The molecule has 0 amide bonds. The number of anilines is 1. The van der Waals surface area contributed by atoms with Crippen molar-refractivity contribution in [1.29, 1.82) is 0 Å². The summed E-state index contributed by atoms with van der Waals surface area (Å²) in [5, 5.41) is 12.5.